The standard InChI is InChI=1S/C43H47ClN2O8/c1-28(2)23-36-40(49)52-32(26-43(22-21-29-13-8-6-9-14-29)38(54-43)31-15-10-7-11-16-31)17-12-18-37(47)46-34(25-30-19-20-35(51-5)33(44)24-30)39(48)45-27-42(3,4)41(50)53-36/h6-16,18-20,24,28,32,34,36,38H,17,23,25-27H2,1-5H3,(H,45,48)(H,46,47)/b18-12+/t32?,34?,36-,38-,43-/m0/s1. The quantitative estimate of drug-likeness (QED) is 0.156. The number of nitrogens with one attached hydrogen (secondary N) is 2. The maximum Gasteiger partial charge on any atom is 0.347 e. The van der Waals surface area contributed by atoms with Crippen LogP contribution in [0.4, 0.5) is 0 Å². The Morgan fingerprint density at radius 2 is 1.67 bits per heavy atom. The zero-order valence-electron chi connectivity index (χ0n) is 31.2. The monoisotopic (exact) mass is 754 g/mol. The lowest BCUT2D eigenvalue weighted by atomic mass is 9.92. The first-order valence-electron chi connectivity index (χ1n) is 18.1. The number of epoxide rings is 1. The van der Waals surface area contributed by atoms with E-state index in [1.54, 1.807) is 38.1 Å². The number of cyclic esters (lactones) is 2. The van der Waals surface area contributed by atoms with Gasteiger partial charge in [0.1, 0.15) is 24.0 Å². The predicted octanol–water partition coefficient (Wildman–Crippen LogP) is 6.30. The van der Waals surface area contributed by atoms with Gasteiger partial charge in [-0.2, -0.15) is 0 Å². The summed E-state index contributed by atoms with van der Waals surface area (Å²) in [5, 5.41) is 5.92. The molecule has 0 aromatic heterocycles. The zero-order valence-corrected chi connectivity index (χ0v) is 32.0. The van der Waals surface area contributed by atoms with E-state index in [0.29, 0.717) is 16.3 Å². The van der Waals surface area contributed by atoms with Crippen molar-refractivity contribution >= 4 is 35.4 Å². The fraction of sp³-hybridized carbons (Fsp3) is 0.395. The first-order chi connectivity index (χ1) is 25.8. The van der Waals surface area contributed by atoms with Gasteiger partial charge in [-0.25, -0.2) is 4.79 Å². The molecule has 1 fully saturated rings. The number of halogens is 1. The van der Waals surface area contributed by atoms with Crippen LogP contribution in [0.1, 0.15) is 69.8 Å². The van der Waals surface area contributed by atoms with Crippen molar-refractivity contribution < 1.29 is 38.1 Å². The smallest absolute Gasteiger partial charge is 0.347 e. The summed E-state index contributed by atoms with van der Waals surface area (Å²) in [5.74, 6) is 4.55. The summed E-state index contributed by atoms with van der Waals surface area (Å²) in [7, 11) is 1.50. The lowest BCUT2D eigenvalue weighted by Crippen LogP contribution is -2.51. The maximum absolute atomic E-state index is 13.9. The van der Waals surface area contributed by atoms with Gasteiger partial charge in [0.05, 0.1) is 17.5 Å². The van der Waals surface area contributed by atoms with E-state index >= 15 is 0 Å². The van der Waals surface area contributed by atoms with Crippen LogP contribution in [0.5, 0.6) is 5.75 Å². The molecule has 5 atom stereocenters. The van der Waals surface area contributed by atoms with E-state index in [1.807, 2.05) is 74.5 Å². The maximum atomic E-state index is 13.9. The van der Waals surface area contributed by atoms with Gasteiger partial charge in [0.2, 0.25) is 11.8 Å². The van der Waals surface area contributed by atoms with Gasteiger partial charge in [-0.05, 0) is 67.7 Å². The molecule has 2 aliphatic rings. The highest BCUT2D eigenvalue weighted by Gasteiger charge is 2.58. The highest BCUT2D eigenvalue weighted by atomic mass is 35.5. The molecule has 5 rings (SSSR count). The van der Waals surface area contributed by atoms with Crippen LogP contribution in [-0.2, 0) is 39.8 Å². The van der Waals surface area contributed by atoms with Crippen LogP contribution in [0.3, 0.4) is 0 Å². The van der Waals surface area contributed by atoms with Crippen molar-refractivity contribution in [1.82, 2.24) is 10.6 Å². The minimum atomic E-state index is -1.23. The van der Waals surface area contributed by atoms with Crippen molar-refractivity contribution in [2.45, 2.75) is 83.3 Å². The zero-order chi connectivity index (χ0) is 38.9. The van der Waals surface area contributed by atoms with Crippen molar-refractivity contribution in [1.29, 1.82) is 0 Å². The summed E-state index contributed by atoms with van der Waals surface area (Å²) in [6.45, 7) is 6.93. The number of hydrogen-bond acceptors (Lipinski definition) is 8. The summed E-state index contributed by atoms with van der Waals surface area (Å²) in [6.07, 6.45) is 1.08. The Labute approximate surface area is 321 Å². The summed E-state index contributed by atoms with van der Waals surface area (Å²) in [6, 6.07) is 23.3. The molecule has 3 aromatic rings. The molecule has 2 N–H and O–H groups in total. The second kappa shape index (κ2) is 17.8. The number of hydrogen-bond donors (Lipinski definition) is 2. The van der Waals surface area contributed by atoms with E-state index in [9.17, 15) is 19.2 Å². The number of carbonyl (C=O) groups is 4. The highest BCUT2D eigenvalue weighted by Crippen LogP contribution is 2.53. The fourth-order valence-corrected chi connectivity index (χ4v) is 6.42. The van der Waals surface area contributed by atoms with Crippen LogP contribution in [0.25, 0.3) is 0 Å². The molecule has 11 heteroatoms. The minimum Gasteiger partial charge on any atom is -0.495 e. The molecule has 0 spiro atoms. The Bertz CT molecular complexity index is 1900. The predicted molar refractivity (Wildman–Crippen MR) is 204 cm³/mol. The Morgan fingerprint density at radius 3 is 2.33 bits per heavy atom. The minimum absolute atomic E-state index is 0.0182. The molecular weight excluding hydrogens is 708 g/mol. The number of benzene rings is 3. The molecule has 0 saturated carbocycles. The van der Waals surface area contributed by atoms with E-state index in [-0.39, 0.29) is 38.1 Å². The molecule has 54 heavy (non-hydrogen) atoms. The van der Waals surface area contributed by atoms with Crippen molar-refractivity contribution in [3.8, 4) is 17.6 Å². The normalized spacial score (nSPS) is 25.2. The van der Waals surface area contributed by atoms with Gasteiger partial charge in [-0.15, -0.1) is 0 Å². The topological polar surface area (TPSA) is 133 Å². The van der Waals surface area contributed by atoms with Crippen LogP contribution >= 0.6 is 11.6 Å². The first-order valence-corrected chi connectivity index (χ1v) is 18.5. The number of ether oxygens (including phenoxy) is 4. The summed E-state index contributed by atoms with van der Waals surface area (Å²) in [5.41, 5.74) is 0.162. The molecule has 0 bridgehead atoms. The molecule has 2 heterocycles. The van der Waals surface area contributed by atoms with Gasteiger partial charge >= 0.3 is 11.9 Å². The van der Waals surface area contributed by atoms with Crippen LogP contribution < -0.4 is 15.4 Å². The van der Waals surface area contributed by atoms with Crippen LogP contribution in [-0.4, -0.2) is 61.3 Å². The molecule has 1 saturated heterocycles. The van der Waals surface area contributed by atoms with Crippen molar-refractivity contribution in [3.05, 3.63) is 113 Å². The second-order valence-corrected chi connectivity index (χ2v) is 15.1. The van der Waals surface area contributed by atoms with Gasteiger partial charge < -0.3 is 29.6 Å². The van der Waals surface area contributed by atoms with Gasteiger partial charge in [-0.1, -0.05) is 98.0 Å². The van der Waals surface area contributed by atoms with E-state index in [0.717, 1.165) is 11.1 Å². The van der Waals surface area contributed by atoms with Gasteiger partial charge in [-0.3, -0.25) is 14.4 Å². The van der Waals surface area contributed by atoms with Gasteiger partial charge in [0, 0.05) is 31.4 Å². The molecular formula is C43H47ClN2O8. The van der Waals surface area contributed by atoms with Crippen molar-refractivity contribution in [2.75, 3.05) is 13.7 Å². The average molecular weight is 755 g/mol. The summed E-state index contributed by atoms with van der Waals surface area (Å²) >= 11 is 6.36. The van der Waals surface area contributed by atoms with Gasteiger partial charge in [0.25, 0.3) is 0 Å². The third-order valence-electron chi connectivity index (χ3n) is 9.21. The molecule has 0 radical (unpaired) electrons. The van der Waals surface area contributed by atoms with Gasteiger partial charge in [0.15, 0.2) is 11.7 Å². The third kappa shape index (κ3) is 10.7. The molecule has 2 aliphatic heterocycles. The van der Waals surface area contributed by atoms with Crippen LogP contribution in [0, 0.1) is 23.2 Å². The highest BCUT2D eigenvalue weighted by molar-refractivity contribution is 6.32. The molecule has 3 aromatic carbocycles. The molecule has 2 unspecified atom stereocenters. The Morgan fingerprint density at radius 1 is 0.963 bits per heavy atom. The van der Waals surface area contributed by atoms with E-state index in [1.165, 1.54) is 13.2 Å². The van der Waals surface area contributed by atoms with Crippen LogP contribution in [0.2, 0.25) is 5.02 Å². The number of amides is 2. The lowest BCUT2D eigenvalue weighted by molar-refractivity contribution is -0.178. The summed E-state index contributed by atoms with van der Waals surface area (Å²) in [4.78, 5) is 54.4. The Hall–Kier alpha value is -5.11. The Kier molecular flexibility index (Phi) is 13.2. The number of rotatable bonds is 8. The average Bonchev–Trinajstić information content (AvgIpc) is 3.86. The van der Waals surface area contributed by atoms with E-state index < -0.39 is 59.1 Å². The molecule has 0 aliphatic carbocycles. The molecule has 10 nitrogen and oxygen atoms in total. The number of esters is 2. The molecule has 284 valence electrons. The van der Waals surface area contributed by atoms with Crippen molar-refractivity contribution in [3.63, 3.8) is 0 Å². The van der Waals surface area contributed by atoms with Crippen LogP contribution in [0.15, 0.2) is 91.0 Å². The second-order valence-electron chi connectivity index (χ2n) is 14.7. The largest absolute Gasteiger partial charge is 0.495 e. The third-order valence-corrected chi connectivity index (χ3v) is 9.51. The summed E-state index contributed by atoms with van der Waals surface area (Å²) < 4.78 is 23.6. The van der Waals surface area contributed by atoms with Crippen molar-refractivity contribution in [2.24, 2.45) is 11.3 Å². The fourth-order valence-electron chi connectivity index (χ4n) is 6.13. The SMILES string of the molecule is COc1ccc(CC2NC(=O)/C=C/CC(C[C@]3(C#Cc4ccccc4)O[C@H]3c3ccccc3)OC(=O)[C@H](CC(C)C)OC(=O)C(C)(C)CNC2=O)cc1Cl. The first kappa shape index (κ1) is 40.1. The number of methoxy groups -OCH3 is 1. The number of carbonyl (C=O) groups excluding carboxylic acids is 4. The van der Waals surface area contributed by atoms with E-state index in [4.69, 9.17) is 30.5 Å². The molecule has 2 amide bonds. The Balaban J connectivity index is 1.47. The van der Waals surface area contributed by atoms with E-state index in [2.05, 4.69) is 22.5 Å². The lowest BCUT2D eigenvalue weighted by Gasteiger charge is -2.29.